The van der Waals surface area contributed by atoms with E-state index in [1.54, 1.807) is 17.7 Å². The van der Waals surface area contributed by atoms with E-state index in [2.05, 4.69) is 30.7 Å². The monoisotopic (exact) mass is 322 g/mol. The summed E-state index contributed by atoms with van der Waals surface area (Å²) in [5, 5.41) is 1.95. The lowest BCUT2D eigenvalue weighted by atomic mass is 10.2. The summed E-state index contributed by atoms with van der Waals surface area (Å²) in [6, 6.07) is 0. The molecule has 0 aromatic carbocycles. The van der Waals surface area contributed by atoms with Gasteiger partial charge >= 0.3 is 5.97 Å². The molecule has 0 amide bonds. The Morgan fingerprint density at radius 1 is 1.48 bits per heavy atom. The van der Waals surface area contributed by atoms with Crippen LogP contribution >= 0.6 is 23.1 Å². The van der Waals surface area contributed by atoms with E-state index in [9.17, 15) is 4.79 Å². The number of thioether (sulfide) groups is 1. The van der Waals surface area contributed by atoms with Gasteiger partial charge in [0.15, 0.2) is 0 Å². The highest BCUT2D eigenvalue weighted by atomic mass is 32.2. The van der Waals surface area contributed by atoms with Gasteiger partial charge in [0, 0.05) is 10.3 Å². The fourth-order valence-electron chi connectivity index (χ4n) is 2.26. The van der Waals surface area contributed by atoms with Crippen LogP contribution in [-0.2, 0) is 9.53 Å². The summed E-state index contributed by atoms with van der Waals surface area (Å²) in [6.07, 6.45) is 2.75. The van der Waals surface area contributed by atoms with Crippen LogP contribution in [0.25, 0.3) is 10.2 Å². The lowest BCUT2D eigenvalue weighted by molar-refractivity contribution is -0.140. The van der Waals surface area contributed by atoms with Crippen LogP contribution in [0.4, 0.5) is 0 Å². The molecule has 1 aliphatic rings. The van der Waals surface area contributed by atoms with Gasteiger partial charge in [0.05, 0.1) is 12.4 Å². The SMILES string of the molecule is Cc1sc2ncnc(SCC(=O)OC[C@@H]3C[C@@H]3C)c2c1C. The maximum atomic E-state index is 11.8. The van der Waals surface area contributed by atoms with Gasteiger partial charge in [0.2, 0.25) is 0 Å². The van der Waals surface area contributed by atoms with Crippen LogP contribution in [0.15, 0.2) is 11.4 Å². The molecule has 3 rings (SSSR count). The van der Waals surface area contributed by atoms with Crippen molar-refractivity contribution in [1.82, 2.24) is 9.97 Å². The Kier molecular flexibility index (Phi) is 4.17. The molecular weight excluding hydrogens is 304 g/mol. The predicted octanol–water partition coefficient (Wildman–Crippen LogP) is 3.60. The number of thiophene rings is 1. The van der Waals surface area contributed by atoms with E-state index in [0.29, 0.717) is 24.2 Å². The summed E-state index contributed by atoms with van der Waals surface area (Å²) in [7, 11) is 0. The van der Waals surface area contributed by atoms with Gasteiger partial charge in [-0.1, -0.05) is 18.7 Å². The predicted molar refractivity (Wildman–Crippen MR) is 85.8 cm³/mol. The Hall–Kier alpha value is -1.14. The summed E-state index contributed by atoms with van der Waals surface area (Å²) in [5.41, 5.74) is 1.21. The number of aromatic nitrogens is 2. The van der Waals surface area contributed by atoms with Crippen LogP contribution < -0.4 is 0 Å². The van der Waals surface area contributed by atoms with Crippen molar-refractivity contribution >= 4 is 39.3 Å². The number of hydrogen-bond donors (Lipinski definition) is 0. The van der Waals surface area contributed by atoms with Crippen LogP contribution in [0.2, 0.25) is 0 Å². The Morgan fingerprint density at radius 3 is 2.95 bits per heavy atom. The first kappa shape index (κ1) is 14.8. The van der Waals surface area contributed by atoms with E-state index >= 15 is 0 Å². The number of fused-ring (bicyclic) bond motifs is 1. The average Bonchev–Trinajstić information content (AvgIpc) is 3.09. The standard InChI is InChI=1S/C15H18N2O2S2/c1-8-4-11(8)5-19-12(18)6-20-14-13-9(2)10(3)21-15(13)17-7-16-14/h7-8,11H,4-6H2,1-3H3/t8-,11-/m0/s1. The molecule has 0 aliphatic heterocycles. The van der Waals surface area contributed by atoms with Crippen molar-refractivity contribution in [2.24, 2.45) is 11.8 Å². The van der Waals surface area contributed by atoms with Crippen LogP contribution in [0.5, 0.6) is 0 Å². The second kappa shape index (κ2) is 5.93. The Labute approximate surface area is 132 Å². The zero-order chi connectivity index (χ0) is 15.0. The molecule has 0 bridgehead atoms. The van der Waals surface area contributed by atoms with Crippen LogP contribution in [-0.4, -0.2) is 28.3 Å². The average molecular weight is 322 g/mol. The first-order chi connectivity index (χ1) is 10.1. The van der Waals surface area contributed by atoms with E-state index < -0.39 is 0 Å². The second-order valence-electron chi connectivity index (χ2n) is 5.59. The molecule has 1 fully saturated rings. The van der Waals surface area contributed by atoms with Gasteiger partial charge in [0.25, 0.3) is 0 Å². The summed E-state index contributed by atoms with van der Waals surface area (Å²) in [6.45, 7) is 6.92. The quantitative estimate of drug-likeness (QED) is 0.478. The van der Waals surface area contributed by atoms with Crippen molar-refractivity contribution in [2.45, 2.75) is 32.2 Å². The number of esters is 1. The Balaban J connectivity index is 1.63. The van der Waals surface area contributed by atoms with Gasteiger partial charge in [0.1, 0.15) is 16.2 Å². The second-order valence-corrected chi connectivity index (χ2v) is 7.75. The normalized spacial score (nSPS) is 20.7. The largest absolute Gasteiger partial charge is 0.465 e. The first-order valence-electron chi connectivity index (χ1n) is 7.05. The van der Waals surface area contributed by atoms with E-state index in [1.807, 2.05) is 0 Å². The van der Waals surface area contributed by atoms with E-state index in [4.69, 9.17) is 4.74 Å². The van der Waals surface area contributed by atoms with E-state index in [0.717, 1.165) is 15.2 Å². The maximum Gasteiger partial charge on any atom is 0.316 e. The van der Waals surface area contributed by atoms with E-state index in [-0.39, 0.29) is 5.97 Å². The zero-order valence-electron chi connectivity index (χ0n) is 12.4. The molecule has 0 N–H and O–H groups in total. The van der Waals surface area contributed by atoms with Crippen LogP contribution in [0, 0.1) is 25.7 Å². The lowest BCUT2D eigenvalue weighted by Crippen LogP contribution is -2.10. The Bertz CT molecular complexity index is 684. The van der Waals surface area contributed by atoms with E-state index in [1.165, 1.54) is 28.6 Å². The number of carbonyl (C=O) groups is 1. The molecule has 0 unspecified atom stereocenters. The number of hydrogen-bond acceptors (Lipinski definition) is 6. The highest BCUT2D eigenvalue weighted by Crippen LogP contribution is 2.38. The summed E-state index contributed by atoms with van der Waals surface area (Å²) in [4.78, 5) is 22.7. The third kappa shape index (κ3) is 3.21. The van der Waals surface area contributed by atoms with Crippen LogP contribution in [0.3, 0.4) is 0 Å². The molecule has 1 aliphatic carbocycles. The highest BCUT2D eigenvalue weighted by molar-refractivity contribution is 8.00. The van der Waals surface area contributed by atoms with Gasteiger partial charge in [-0.3, -0.25) is 4.79 Å². The molecular formula is C15H18N2O2S2. The van der Waals surface area contributed by atoms with Gasteiger partial charge in [-0.05, 0) is 37.7 Å². The van der Waals surface area contributed by atoms with Gasteiger partial charge in [-0.15, -0.1) is 11.3 Å². The molecule has 2 aromatic rings. The molecule has 6 heteroatoms. The zero-order valence-corrected chi connectivity index (χ0v) is 14.0. The molecule has 2 atom stereocenters. The number of carbonyl (C=O) groups excluding carboxylic acids is 1. The summed E-state index contributed by atoms with van der Waals surface area (Å²) < 4.78 is 5.31. The first-order valence-corrected chi connectivity index (χ1v) is 8.85. The minimum Gasteiger partial charge on any atom is -0.465 e. The molecule has 4 nitrogen and oxygen atoms in total. The minimum atomic E-state index is -0.157. The smallest absolute Gasteiger partial charge is 0.316 e. The topological polar surface area (TPSA) is 52.1 Å². The van der Waals surface area contributed by atoms with Gasteiger partial charge in [-0.25, -0.2) is 9.97 Å². The molecule has 2 heterocycles. The fourth-order valence-corrected chi connectivity index (χ4v) is 4.17. The molecule has 1 saturated carbocycles. The molecule has 112 valence electrons. The highest BCUT2D eigenvalue weighted by Gasteiger charge is 2.33. The van der Waals surface area contributed by atoms with Crippen molar-refractivity contribution in [3.05, 3.63) is 16.8 Å². The molecule has 0 radical (unpaired) electrons. The number of aryl methyl sites for hydroxylation is 2. The summed E-state index contributed by atoms with van der Waals surface area (Å²) >= 11 is 3.11. The van der Waals surface area contributed by atoms with Crippen molar-refractivity contribution in [3.63, 3.8) is 0 Å². The summed E-state index contributed by atoms with van der Waals surface area (Å²) in [5.74, 6) is 1.44. The third-order valence-electron chi connectivity index (χ3n) is 3.99. The number of ether oxygens (including phenoxy) is 1. The van der Waals surface area contributed by atoms with Crippen molar-refractivity contribution in [3.8, 4) is 0 Å². The molecule has 0 saturated heterocycles. The van der Waals surface area contributed by atoms with Crippen molar-refractivity contribution < 1.29 is 9.53 Å². The van der Waals surface area contributed by atoms with Crippen molar-refractivity contribution in [1.29, 1.82) is 0 Å². The maximum absolute atomic E-state index is 11.8. The fraction of sp³-hybridized carbons (Fsp3) is 0.533. The number of nitrogens with zero attached hydrogens (tertiary/aromatic N) is 2. The molecule has 21 heavy (non-hydrogen) atoms. The van der Waals surface area contributed by atoms with Crippen LogP contribution in [0.1, 0.15) is 23.8 Å². The lowest BCUT2D eigenvalue weighted by Gasteiger charge is -2.05. The van der Waals surface area contributed by atoms with Gasteiger partial charge in [-0.2, -0.15) is 0 Å². The molecule has 0 spiro atoms. The third-order valence-corrected chi connectivity index (χ3v) is 6.07. The Morgan fingerprint density at radius 2 is 2.24 bits per heavy atom. The molecule has 2 aromatic heterocycles. The number of rotatable bonds is 5. The van der Waals surface area contributed by atoms with Gasteiger partial charge < -0.3 is 4.74 Å². The van der Waals surface area contributed by atoms with Crippen molar-refractivity contribution in [2.75, 3.05) is 12.4 Å². The minimum absolute atomic E-state index is 0.157.